The molecule has 4 unspecified atom stereocenters. The molecule has 150 valence electrons. The fraction of sp³-hybridized carbons (Fsp3) is 0.700. The number of aliphatic hydroxyl groups excluding tert-OH is 4. The van der Waals surface area contributed by atoms with Gasteiger partial charge in [0.2, 0.25) is 0 Å². The molecule has 0 heterocycles. The second kappa shape index (κ2) is 11.0. The highest BCUT2D eigenvalue weighted by Crippen LogP contribution is 2.28. The zero-order chi connectivity index (χ0) is 19.9. The van der Waals surface area contributed by atoms with Gasteiger partial charge in [0.25, 0.3) is 0 Å². The molecule has 0 fully saturated rings. The lowest BCUT2D eigenvalue weighted by Gasteiger charge is -2.24. The second-order valence-electron chi connectivity index (χ2n) is 7.47. The molecule has 0 aliphatic heterocycles. The molecule has 0 amide bonds. The summed E-state index contributed by atoms with van der Waals surface area (Å²) in [5.41, 5.74) is 10.9. The fourth-order valence-electron chi connectivity index (χ4n) is 3.37. The Morgan fingerprint density at radius 1 is 0.769 bits per heavy atom. The Labute approximate surface area is 157 Å². The van der Waals surface area contributed by atoms with Crippen LogP contribution in [0.4, 0.5) is 0 Å². The monoisotopic (exact) mass is 368 g/mol. The van der Waals surface area contributed by atoms with Crippen molar-refractivity contribution in [2.45, 2.75) is 84.5 Å². The van der Waals surface area contributed by atoms with Crippen molar-refractivity contribution in [1.82, 2.24) is 5.32 Å². The minimum atomic E-state index is -0.534. The van der Waals surface area contributed by atoms with Crippen molar-refractivity contribution in [1.29, 1.82) is 0 Å². The molecule has 0 spiro atoms. The maximum atomic E-state index is 10.00. The SMILES string of the molecule is CC(O)CNCc1cc(CC(C)O)c(CN)c(CC(C)O)c1CC(C)O. The summed E-state index contributed by atoms with van der Waals surface area (Å²) in [5, 5.41) is 42.6. The van der Waals surface area contributed by atoms with Gasteiger partial charge in [-0.1, -0.05) is 6.07 Å². The summed E-state index contributed by atoms with van der Waals surface area (Å²) in [7, 11) is 0. The first-order valence-electron chi connectivity index (χ1n) is 9.44. The first kappa shape index (κ1) is 23.0. The van der Waals surface area contributed by atoms with Gasteiger partial charge in [-0.05, 0) is 74.8 Å². The number of nitrogens with one attached hydrogen (secondary N) is 1. The first-order chi connectivity index (χ1) is 12.1. The van der Waals surface area contributed by atoms with Crippen LogP contribution in [0.3, 0.4) is 0 Å². The zero-order valence-corrected chi connectivity index (χ0v) is 16.5. The minimum absolute atomic E-state index is 0.318. The van der Waals surface area contributed by atoms with Crippen LogP contribution in [0, 0.1) is 0 Å². The van der Waals surface area contributed by atoms with Crippen LogP contribution in [0.25, 0.3) is 0 Å². The predicted octanol–water partition coefficient (Wildman–Crippen LogP) is 0.386. The van der Waals surface area contributed by atoms with Crippen LogP contribution in [-0.2, 0) is 32.4 Å². The zero-order valence-electron chi connectivity index (χ0n) is 16.5. The average Bonchev–Trinajstić information content (AvgIpc) is 2.49. The predicted molar refractivity (Wildman–Crippen MR) is 104 cm³/mol. The molecule has 6 heteroatoms. The van der Waals surface area contributed by atoms with Crippen molar-refractivity contribution in [2.75, 3.05) is 6.54 Å². The van der Waals surface area contributed by atoms with Crippen LogP contribution in [0.2, 0.25) is 0 Å². The topological polar surface area (TPSA) is 119 Å². The minimum Gasteiger partial charge on any atom is -0.393 e. The van der Waals surface area contributed by atoms with E-state index in [9.17, 15) is 20.4 Å². The molecule has 1 aromatic rings. The fourth-order valence-corrected chi connectivity index (χ4v) is 3.37. The highest BCUT2D eigenvalue weighted by molar-refractivity contribution is 5.47. The molecular weight excluding hydrogens is 332 g/mol. The highest BCUT2D eigenvalue weighted by atomic mass is 16.3. The van der Waals surface area contributed by atoms with Crippen molar-refractivity contribution in [2.24, 2.45) is 5.73 Å². The molecule has 0 aromatic heterocycles. The lowest BCUT2D eigenvalue weighted by Crippen LogP contribution is -2.26. The third kappa shape index (κ3) is 7.31. The van der Waals surface area contributed by atoms with E-state index >= 15 is 0 Å². The summed E-state index contributed by atoms with van der Waals surface area (Å²) in [6.07, 6.45) is -0.605. The van der Waals surface area contributed by atoms with E-state index in [1.54, 1.807) is 27.7 Å². The Morgan fingerprint density at radius 2 is 1.31 bits per heavy atom. The number of nitrogens with two attached hydrogens (primary N) is 1. The molecule has 1 aromatic carbocycles. The van der Waals surface area contributed by atoms with Gasteiger partial charge in [-0.15, -0.1) is 0 Å². The molecule has 0 aliphatic carbocycles. The van der Waals surface area contributed by atoms with E-state index in [0.29, 0.717) is 38.9 Å². The third-order valence-electron chi connectivity index (χ3n) is 4.33. The van der Waals surface area contributed by atoms with Gasteiger partial charge >= 0.3 is 0 Å². The standard InChI is InChI=1S/C20H36N2O4/c1-12(23)5-16-8-17(11-22-10-15(4)26)18(6-13(2)24)19(7-14(3)25)20(16)9-21/h8,12-15,22-26H,5-7,9-11,21H2,1-4H3. The molecular formula is C20H36N2O4. The van der Waals surface area contributed by atoms with E-state index in [1.165, 1.54) is 0 Å². The van der Waals surface area contributed by atoms with Crippen LogP contribution in [-0.4, -0.2) is 51.4 Å². The van der Waals surface area contributed by atoms with Gasteiger partial charge in [0, 0.05) is 19.6 Å². The maximum Gasteiger partial charge on any atom is 0.0636 e. The Bertz CT molecular complexity index is 557. The number of hydrogen-bond acceptors (Lipinski definition) is 6. The van der Waals surface area contributed by atoms with E-state index in [1.807, 2.05) is 6.07 Å². The van der Waals surface area contributed by atoms with Gasteiger partial charge in [0.05, 0.1) is 24.4 Å². The Kier molecular flexibility index (Phi) is 9.71. The summed E-state index contributed by atoms with van der Waals surface area (Å²) in [4.78, 5) is 0. The molecule has 7 N–H and O–H groups in total. The number of hydrogen-bond donors (Lipinski definition) is 6. The molecule has 4 atom stereocenters. The van der Waals surface area contributed by atoms with Crippen LogP contribution in [0.15, 0.2) is 6.07 Å². The van der Waals surface area contributed by atoms with Crippen molar-refractivity contribution < 1.29 is 20.4 Å². The lowest BCUT2D eigenvalue weighted by molar-refractivity contribution is 0.186. The summed E-state index contributed by atoms with van der Waals surface area (Å²) >= 11 is 0. The van der Waals surface area contributed by atoms with E-state index < -0.39 is 24.4 Å². The first-order valence-corrected chi connectivity index (χ1v) is 9.44. The van der Waals surface area contributed by atoms with Crippen molar-refractivity contribution in [3.8, 4) is 0 Å². The van der Waals surface area contributed by atoms with Gasteiger partial charge in [-0.3, -0.25) is 0 Å². The molecule has 1 rings (SSSR count). The molecule has 0 aliphatic rings. The van der Waals surface area contributed by atoms with E-state index in [4.69, 9.17) is 5.73 Å². The average molecular weight is 369 g/mol. The quantitative estimate of drug-likeness (QED) is 0.336. The van der Waals surface area contributed by atoms with E-state index in [2.05, 4.69) is 5.32 Å². The summed E-state index contributed by atoms with van der Waals surface area (Å²) < 4.78 is 0. The van der Waals surface area contributed by atoms with Crippen molar-refractivity contribution >= 4 is 0 Å². The molecule has 26 heavy (non-hydrogen) atoms. The largest absolute Gasteiger partial charge is 0.393 e. The van der Waals surface area contributed by atoms with Crippen LogP contribution in [0.5, 0.6) is 0 Å². The Hall–Kier alpha value is -1.02. The smallest absolute Gasteiger partial charge is 0.0636 e. The van der Waals surface area contributed by atoms with Crippen molar-refractivity contribution in [3.05, 3.63) is 33.9 Å². The van der Waals surface area contributed by atoms with Crippen molar-refractivity contribution in [3.63, 3.8) is 0 Å². The third-order valence-corrected chi connectivity index (χ3v) is 4.33. The van der Waals surface area contributed by atoms with Gasteiger partial charge in [-0.2, -0.15) is 0 Å². The lowest BCUT2D eigenvalue weighted by atomic mass is 9.84. The molecule has 0 saturated heterocycles. The number of aliphatic hydroxyl groups is 4. The summed E-state index contributed by atoms with van der Waals surface area (Å²) in [6.45, 7) is 8.26. The van der Waals surface area contributed by atoms with Crippen LogP contribution in [0.1, 0.15) is 55.5 Å². The Balaban J connectivity index is 3.45. The van der Waals surface area contributed by atoms with E-state index in [-0.39, 0.29) is 0 Å². The van der Waals surface area contributed by atoms with Gasteiger partial charge in [0.1, 0.15) is 0 Å². The second-order valence-corrected chi connectivity index (χ2v) is 7.47. The van der Waals surface area contributed by atoms with Crippen LogP contribution < -0.4 is 11.1 Å². The molecule has 0 saturated carbocycles. The maximum absolute atomic E-state index is 10.00. The molecule has 0 radical (unpaired) electrons. The Morgan fingerprint density at radius 3 is 1.77 bits per heavy atom. The van der Waals surface area contributed by atoms with Gasteiger partial charge in [0.15, 0.2) is 0 Å². The number of rotatable bonds is 11. The van der Waals surface area contributed by atoms with Crippen LogP contribution >= 0.6 is 0 Å². The summed E-state index contributed by atoms with van der Waals surface area (Å²) in [6, 6.07) is 2.03. The molecule has 0 bridgehead atoms. The van der Waals surface area contributed by atoms with Gasteiger partial charge in [-0.25, -0.2) is 0 Å². The highest BCUT2D eigenvalue weighted by Gasteiger charge is 2.20. The van der Waals surface area contributed by atoms with Gasteiger partial charge < -0.3 is 31.5 Å². The summed E-state index contributed by atoms with van der Waals surface area (Å²) in [5.74, 6) is 0. The normalized spacial score (nSPS) is 16.3. The molecule has 6 nitrogen and oxygen atoms in total. The van der Waals surface area contributed by atoms with E-state index in [0.717, 1.165) is 27.8 Å². The number of benzene rings is 1.